The number of benzene rings is 2. The summed E-state index contributed by atoms with van der Waals surface area (Å²) in [7, 11) is 0. The molecule has 4 rings (SSSR count). The molecular formula is C44H52F2N4O3. The standard InChI is InChI=1S/C44H52F2N4O3/c1-4-5-6-7-8-9-10-11-12-13-14-15-16-17-18-19-20-25-39(51)47-28-29-48-42(52)35-31-50(43(53)33-26-27-36(45)37(46)30-33)32-44(2,3)40-34-23-21-22-24-38(34)49-41(35)40/h5-6,8-9,11-12,14-15,17-18,21-24,26-27,30-31,49H,4,7,10,13,16,19-20,25,28-29,32H2,1-3H3,(H,47,51)(H,48,52)/b6-5-,9-8-,12-11-,15-14-,18-17-. The third-order valence-corrected chi connectivity index (χ3v) is 8.84. The van der Waals surface area contributed by atoms with Crippen molar-refractivity contribution in [2.75, 3.05) is 19.6 Å². The van der Waals surface area contributed by atoms with Crippen LogP contribution < -0.4 is 10.6 Å². The Morgan fingerprint density at radius 3 is 2.09 bits per heavy atom. The number of H-pyrrole nitrogens is 1. The van der Waals surface area contributed by atoms with Crippen LogP contribution in [0.4, 0.5) is 8.78 Å². The van der Waals surface area contributed by atoms with Gasteiger partial charge >= 0.3 is 0 Å². The highest BCUT2D eigenvalue weighted by Gasteiger charge is 2.37. The Hall–Kier alpha value is -5.31. The number of nitrogens with one attached hydrogen (secondary N) is 3. The van der Waals surface area contributed by atoms with Crippen molar-refractivity contribution in [3.63, 3.8) is 0 Å². The number of carbonyl (C=O) groups excluding carboxylic acids is 3. The van der Waals surface area contributed by atoms with Crippen LogP contribution in [0.3, 0.4) is 0 Å². The second kappa shape index (κ2) is 20.7. The second-order valence-corrected chi connectivity index (χ2v) is 13.6. The number of hydrogen-bond acceptors (Lipinski definition) is 3. The molecule has 53 heavy (non-hydrogen) atoms. The Kier molecular flexibility index (Phi) is 15.8. The maximum Gasteiger partial charge on any atom is 0.257 e. The number of rotatable bonds is 18. The number of carbonyl (C=O) groups is 3. The van der Waals surface area contributed by atoms with Crippen molar-refractivity contribution in [3.8, 4) is 0 Å². The van der Waals surface area contributed by atoms with Crippen LogP contribution in [-0.4, -0.2) is 47.2 Å². The summed E-state index contributed by atoms with van der Waals surface area (Å²) in [6.45, 7) is 6.68. The summed E-state index contributed by atoms with van der Waals surface area (Å²) in [5, 5.41) is 6.65. The molecule has 3 N–H and O–H groups in total. The molecule has 0 aliphatic carbocycles. The average Bonchev–Trinajstić information content (AvgIpc) is 3.49. The number of hydrogen-bond donors (Lipinski definition) is 3. The molecule has 7 nitrogen and oxygen atoms in total. The number of nitrogens with zero attached hydrogens (tertiary/aromatic N) is 1. The minimum atomic E-state index is -1.13. The summed E-state index contributed by atoms with van der Waals surface area (Å²) < 4.78 is 27.7. The van der Waals surface area contributed by atoms with Gasteiger partial charge in [-0.1, -0.05) is 99.7 Å². The lowest BCUT2D eigenvalue weighted by molar-refractivity contribution is -0.121. The number of fused-ring (bicyclic) bond motifs is 3. The van der Waals surface area contributed by atoms with E-state index < -0.39 is 28.9 Å². The van der Waals surface area contributed by atoms with Gasteiger partial charge < -0.3 is 20.5 Å². The lowest BCUT2D eigenvalue weighted by Gasteiger charge is -2.29. The van der Waals surface area contributed by atoms with E-state index in [4.69, 9.17) is 0 Å². The van der Waals surface area contributed by atoms with Crippen LogP contribution in [0.15, 0.2) is 109 Å². The van der Waals surface area contributed by atoms with Gasteiger partial charge in [0.1, 0.15) is 0 Å². The van der Waals surface area contributed by atoms with Gasteiger partial charge in [0, 0.05) is 54.1 Å². The topological polar surface area (TPSA) is 94.3 Å². The van der Waals surface area contributed by atoms with E-state index >= 15 is 0 Å². The predicted octanol–water partition coefficient (Wildman–Crippen LogP) is 9.37. The highest BCUT2D eigenvalue weighted by atomic mass is 19.2. The van der Waals surface area contributed by atoms with E-state index in [9.17, 15) is 23.2 Å². The monoisotopic (exact) mass is 722 g/mol. The van der Waals surface area contributed by atoms with E-state index in [2.05, 4.69) is 83.3 Å². The molecule has 1 aliphatic rings. The smallest absolute Gasteiger partial charge is 0.257 e. The lowest BCUT2D eigenvalue weighted by Crippen LogP contribution is -2.37. The van der Waals surface area contributed by atoms with Gasteiger partial charge in [0.2, 0.25) is 5.91 Å². The minimum absolute atomic E-state index is 0.0322. The quantitative estimate of drug-likeness (QED) is 0.0903. The van der Waals surface area contributed by atoms with Gasteiger partial charge in [-0.2, -0.15) is 0 Å². The summed E-state index contributed by atoms with van der Waals surface area (Å²) in [6.07, 6.45) is 29.7. The largest absolute Gasteiger partial charge is 0.354 e. The maximum atomic E-state index is 14.1. The lowest BCUT2D eigenvalue weighted by atomic mass is 9.81. The number of aromatic amines is 1. The van der Waals surface area contributed by atoms with Crippen molar-refractivity contribution in [3.05, 3.63) is 138 Å². The molecule has 0 unspecified atom stereocenters. The summed E-state index contributed by atoms with van der Waals surface area (Å²) in [5.41, 5.74) is 1.87. The number of allylic oxidation sites excluding steroid dienone is 10. The first-order chi connectivity index (χ1) is 25.6. The first-order valence-corrected chi connectivity index (χ1v) is 18.5. The number of halogens is 2. The van der Waals surface area contributed by atoms with E-state index in [0.717, 1.165) is 73.5 Å². The summed E-state index contributed by atoms with van der Waals surface area (Å²) in [5.74, 6) is -3.27. The van der Waals surface area contributed by atoms with Crippen molar-refractivity contribution in [2.45, 2.75) is 77.6 Å². The van der Waals surface area contributed by atoms with Crippen LogP contribution in [0.1, 0.15) is 93.8 Å². The van der Waals surface area contributed by atoms with E-state index in [1.807, 2.05) is 38.1 Å². The first kappa shape index (κ1) is 40.5. The highest BCUT2D eigenvalue weighted by Crippen LogP contribution is 2.40. The molecule has 280 valence electrons. The van der Waals surface area contributed by atoms with Gasteiger partial charge in [-0.3, -0.25) is 14.4 Å². The van der Waals surface area contributed by atoms with E-state index in [1.54, 1.807) is 0 Å². The molecule has 1 aromatic heterocycles. The Bertz CT molecular complexity index is 1900. The summed E-state index contributed by atoms with van der Waals surface area (Å²) in [4.78, 5) is 44.5. The van der Waals surface area contributed by atoms with Gasteiger partial charge in [0.05, 0.1) is 11.3 Å². The molecule has 0 atom stereocenters. The zero-order valence-electron chi connectivity index (χ0n) is 31.1. The van der Waals surface area contributed by atoms with E-state index in [0.29, 0.717) is 12.1 Å². The molecular weight excluding hydrogens is 671 g/mol. The Balaban J connectivity index is 1.24. The van der Waals surface area contributed by atoms with Gasteiger partial charge in [-0.05, 0) is 74.8 Å². The van der Waals surface area contributed by atoms with Crippen LogP contribution in [0.25, 0.3) is 16.5 Å². The fourth-order valence-electron chi connectivity index (χ4n) is 6.23. The maximum absolute atomic E-state index is 14.1. The molecule has 3 aromatic rings. The van der Waals surface area contributed by atoms with Crippen LogP contribution in [0.2, 0.25) is 0 Å². The number of unbranched alkanes of at least 4 members (excludes halogenated alkanes) is 1. The van der Waals surface area contributed by atoms with Crippen molar-refractivity contribution < 1.29 is 23.2 Å². The molecule has 0 saturated heterocycles. The predicted molar refractivity (Wildman–Crippen MR) is 211 cm³/mol. The first-order valence-electron chi connectivity index (χ1n) is 18.5. The zero-order chi connectivity index (χ0) is 38.1. The van der Waals surface area contributed by atoms with Gasteiger partial charge in [-0.25, -0.2) is 8.78 Å². The zero-order valence-corrected chi connectivity index (χ0v) is 31.1. The van der Waals surface area contributed by atoms with Crippen molar-refractivity contribution in [1.29, 1.82) is 0 Å². The average molecular weight is 723 g/mol. The third-order valence-electron chi connectivity index (χ3n) is 8.84. The minimum Gasteiger partial charge on any atom is -0.354 e. The number of para-hydroxylation sites is 1. The third kappa shape index (κ3) is 12.1. The normalized spacial score (nSPS) is 14.5. The molecule has 9 heteroatoms. The Morgan fingerprint density at radius 1 is 0.811 bits per heavy atom. The number of aromatic nitrogens is 1. The molecule has 3 amide bonds. The van der Waals surface area contributed by atoms with Crippen LogP contribution in [-0.2, 0) is 15.0 Å². The number of amides is 3. The van der Waals surface area contributed by atoms with Gasteiger partial charge in [-0.15, -0.1) is 0 Å². The molecule has 0 spiro atoms. The Labute approximate surface area is 312 Å². The molecule has 2 heterocycles. The molecule has 0 bridgehead atoms. The van der Waals surface area contributed by atoms with Crippen LogP contribution >= 0.6 is 0 Å². The fourth-order valence-corrected chi connectivity index (χ4v) is 6.23. The van der Waals surface area contributed by atoms with E-state index in [-0.39, 0.29) is 36.7 Å². The fraction of sp³-hybridized carbons (Fsp3) is 0.341. The molecule has 1 aliphatic heterocycles. The van der Waals surface area contributed by atoms with Gasteiger partial charge in [0.15, 0.2) is 11.6 Å². The van der Waals surface area contributed by atoms with Crippen molar-refractivity contribution >= 4 is 34.2 Å². The van der Waals surface area contributed by atoms with Crippen molar-refractivity contribution in [2.24, 2.45) is 0 Å². The van der Waals surface area contributed by atoms with Crippen LogP contribution in [0, 0.1) is 11.6 Å². The van der Waals surface area contributed by atoms with Crippen LogP contribution in [0.5, 0.6) is 0 Å². The summed E-state index contributed by atoms with van der Waals surface area (Å²) in [6, 6.07) is 10.7. The highest BCUT2D eigenvalue weighted by molar-refractivity contribution is 6.21. The van der Waals surface area contributed by atoms with Crippen molar-refractivity contribution in [1.82, 2.24) is 20.5 Å². The molecule has 2 aromatic carbocycles. The second-order valence-electron chi connectivity index (χ2n) is 13.6. The van der Waals surface area contributed by atoms with E-state index in [1.165, 1.54) is 17.2 Å². The molecule has 0 radical (unpaired) electrons. The SMILES string of the molecule is CC/C=C\C/C=C\C/C=C\C/C=C\C/C=C\CCCC(=O)NCCNC(=O)C1=CN(C(=O)c2ccc(F)c(F)c2)CC(C)(C)c2c1[nH]c1ccccc21. The van der Waals surface area contributed by atoms with Gasteiger partial charge in [0.25, 0.3) is 11.8 Å². The molecule has 0 fully saturated rings. The Morgan fingerprint density at radius 2 is 1.43 bits per heavy atom. The summed E-state index contributed by atoms with van der Waals surface area (Å²) >= 11 is 0. The molecule has 0 saturated carbocycles.